The monoisotopic (exact) mass is 253 g/mol. The Labute approximate surface area is 106 Å². The number of aromatic nitrogens is 3. The van der Waals surface area contributed by atoms with Crippen molar-refractivity contribution in [1.29, 1.82) is 0 Å². The summed E-state index contributed by atoms with van der Waals surface area (Å²) in [6.45, 7) is 3.13. The van der Waals surface area contributed by atoms with Crippen LogP contribution in [0.4, 0.5) is 11.9 Å². The SMILES string of the molecule is CCNc1nc(NCC(O)C2CC2)nc(OC)n1. The first-order valence-corrected chi connectivity index (χ1v) is 6.18. The van der Waals surface area contributed by atoms with Gasteiger partial charge in [-0.05, 0) is 25.7 Å². The topological polar surface area (TPSA) is 92.2 Å². The number of methoxy groups -OCH3 is 1. The minimum atomic E-state index is -0.338. The van der Waals surface area contributed by atoms with Crippen molar-refractivity contribution in [1.82, 2.24) is 15.0 Å². The van der Waals surface area contributed by atoms with Gasteiger partial charge in [-0.2, -0.15) is 15.0 Å². The van der Waals surface area contributed by atoms with Gasteiger partial charge in [0.2, 0.25) is 11.9 Å². The fourth-order valence-electron chi connectivity index (χ4n) is 1.61. The van der Waals surface area contributed by atoms with E-state index in [4.69, 9.17) is 4.74 Å². The quantitative estimate of drug-likeness (QED) is 0.651. The van der Waals surface area contributed by atoms with Gasteiger partial charge in [0.15, 0.2) is 0 Å². The molecule has 0 amide bonds. The lowest BCUT2D eigenvalue weighted by Crippen LogP contribution is -2.22. The number of aliphatic hydroxyl groups excluding tert-OH is 1. The Morgan fingerprint density at radius 1 is 1.28 bits per heavy atom. The molecule has 0 spiro atoms. The van der Waals surface area contributed by atoms with Crippen LogP contribution < -0.4 is 15.4 Å². The minimum absolute atomic E-state index is 0.254. The summed E-state index contributed by atoms with van der Waals surface area (Å²) >= 11 is 0. The van der Waals surface area contributed by atoms with Gasteiger partial charge >= 0.3 is 6.01 Å². The van der Waals surface area contributed by atoms with Gasteiger partial charge in [-0.1, -0.05) is 0 Å². The van der Waals surface area contributed by atoms with Crippen LogP contribution >= 0.6 is 0 Å². The Hall–Kier alpha value is -1.63. The number of hydrogen-bond donors (Lipinski definition) is 3. The molecule has 1 atom stereocenters. The highest BCUT2D eigenvalue weighted by Crippen LogP contribution is 2.32. The number of aliphatic hydroxyl groups is 1. The third-order valence-corrected chi connectivity index (χ3v) is 2.77. The van der Waals surface area contributed by atoms with Crippen molar-refractivity contribution in [2.24, 2.45) is 5.92 Å². The van der Waals surface area contributed by atoms with Gasteiger partial charge in [-0.25, -0.2) is 0 Å². The molecule has 1 heterocycles. The van der Waals surface area contributed by atoms with Gasteiger partial charge in [0.05, 0.1) is 13.2 Å². The highest BCUT2D eigenvalue weighted by atomic mass is 16.5. The molecule has 1 saturated carbocycles. The molecular weight excluding hydrogens is 234 g/mol. The van der Waals surface area contributed by atoms with Crippen molar-refractivity contribution in [3.05, 3.63) is 0 Å². The zero-order chi connectivity index (χ0) is 13.0. The fraction of sp³-hybridized carbons (Fsp3) is 0.727. The largest absolute Gasteiger partial charge is 0.467 e. The first-order valence-electron chi connectivity index (χ1n) is 6.18. The maximum atomic E-state index is 9.77. The summed E-state index contributed by atoms with van der Waals surface area (Å²) < 4.78 is 5.00. The molecule has 1 fully saturated rings. The second-order valence-corrected chi connectivity index (χ2v) is 4.29. The van der Waals surface area contributed by atoms with E-state index in [1.54, 1.807) is 0 Å². The summed E-state index contributed by atoms with van der Waals surface area (Å²) in [4.78, 5) is 12.3. The molecule has 1 aromatic rings. The maximum absolute atomic E-state index is 9.77. The zero-order valence-corrected chi connectivity index (χ0v) is 10.7. The minimum Gasteiger partial charge on any atom is -0.467 e. The maximum Gasteiger partial charge on any atom is 0.322 e. The van der Waals surface area contributed by atoms with Gasteiger partial charge < -0.3 is 20.5 Å². The molecule has 18 heavy (non-hydrogen) atoms. The number of nitrogens with zero attached hydrogens (tertiary/aromatic N) is 3. The lowest BCUT2D eigenvalue weighted by atomic mass is 10.2. The third kappa shape index (κ3) is 3.43. The lowest BCUT2D eigenvalue weighted by molar-refractivity contribution is 0.164. The number of nitrogens with one attached hydrogen (secondary N) is 2. The summed E-state index contributed by atoms with van der Waals surface area (Å²) in [7, 11) is 1.51. The molecule has 1 aliphatic rings. The van der Waals surface area contributed by atoms with Crippen LogP contribution in [0.1, 0.15) is 19.8 Å². The molecule has 3 N–H and O–H groups in total. The van der Waals surface area contributed by atoms with Crippen LogP contribution in [0.25, 0.3) is 0 Å². The Morgan fingerprint density at radius 3 is 2.50 bits per heavy atom. The molecule has 1 aromatic heterocycles. The van der Waals surface area contributed by atoms with E-state index in [1.807, 2.05) is 6.92 Å². The molecule has 2 rings (SSSR count). The Balaban J connectivity index is 1.98. The van der Waals surface area contributed by atoms with Crippen LogP contribution in [0.5, 0.6) is 6.01 Å². The van der Waals surface area contributed by atoms with Crippen molar-refractivity contribution in [3.63, 3.8) is 0 Å². The van der Waals surface area contributed by atoms with Crippen molar-refractivity contribution >= 4 is 11.9 Å². The average Bonchev–Trinajstić information content (AvgIpc) is 3.20. The molecule has 7 heteroatoms. The molecule has 0 aliphatic heterocycles. The second kappa shape index (κ2) is 5.81. The van der Waals surface area contributed by atoms with E-state index in [0.717, 1.165) is 19.4 Å². The number of hydrogen-bond acceptors (Lipinski definition) is 7. The fourth-order valence-corrected chi connectivity index (χ4v) is 1.61. The molecule has 1 unspecified atom stereocenters. The average molecular weight is 253 g/mol. The molecule has 0 bridgehead atoms. The Bertz CT molecular complexity index is 397. The van der Waals surface area contributed by atoms with Gasteiger partial charge in [-0.15, -0.1) is 0 Å². The van der Waals surface area contributed by atoms with E-state index >= 15 is 0 Å². The Morgan fingerprint density at radius 2 is 1.94 bits per heavy atom. The number of ether oxygens (including phenoxy) is 1. The summed E-state index contributed by atoms with van der Waals surface area (Å²) in [5.74, 6) is 1.31. The van der Waals surface area contributed by atoms with E-state index < -0.39 is 0 Å². The predicted octanol–water partition coefficient (Wildman–Crippen LogP) is 0.495. The van der Waals surface area contributed by atoms with E-state index in [9.17, 15) is 5.11 Å². The highest BCUT2D eigenvalue weighted by molar-refractivity contribution is 5.35. The Kier molecular flexibility index (Phi) is 4.14. The summed E-state index contributed by atoms with van der Waals surface area (Å²) in [5, 5.41) is 15.8. The van der Waals surface area contributed by atoms with Crippen LogP contribution in [0.15, 0.2) is 0 Å². The van der Waals surface area contributed by atoms with Crippen molar-refractivity contribution in [3.8, 4) is 6.01 Å². The van der Waals surface area contributed by atoms with Crippen LogP contribution in [-0.2, 0) is 0 Å². The van der Waals surface area contributed by atoms with Crippen LogP contribution in [0.3, 0.4) is 0 Å². The van der Waals surface area contributed by atoms with E-state index in [2.05, 4.69) is 25.6 Å². The van der Waals surface area contributed by atoms with Gasteiger partial charge in [-0.3, -0.25) is 0 Å². The molecule has 0 saturated heterocycles. The molecule has 7 nitrogen and oxygen atoms in total. The molecular formula is C11H19N5O2. The van der Waals surface area contributed by atoms with Gasteiger partial charge in [0.25, 0.3) is 0 Å². The van der Waals surface area contributed by atoms with Gasteiger partial charge in [0, 0.05) is 13.1 Å². The summed E-state index contributed by atoms with van der Waals surface area (Å²) in [5.41, 5.74) is 0. The van der Waals surface area contributed by atoms with Crippen molar-refractivity contribution in [2.75, 3.05) is 30.8 Å². The number of rotatable bonds is 7. The molecule has 1 aliphatic carbocycles. The van der Waals surface area contributed by atoms with Crippen LogP contribution in [-0.4, -0.2) is 46.4 Å². The van der Waals surface area contributed by atoms with Gasteiger partial charge in [0.1, 0.15) is 0 Å². The first kappa shape index (κ1) is 12.8. The van der Waals surface area contributed by atoms with Crippen molar-refractivity contribution < 1.29 is 9.84 Å². The normalized spacial score (nSPS) is 16.2. The lowest BCUT2D eigenvalue weighted by Gasteiger charge is -2.11. The van der Waals surface area contributed by atoms with Crippen LogP contribution in [0.2, 0.25) is 0 Å². The predicted molar refractivity (Wildman–Crippen MR) is 67.8 cm³/mol. The first-order chi connectivity index (χ1) is 8.72. The second-order valence-electron chi connectivity index (χ2n) is 4.29. The standard InChI is InChI=1S/C11H19N5O2/c1-3-12-9-14-10(16-11(15-9)18-2)13-6-8(17)7-4-5-7/h7-8,17H,3-6H2,1-2H3,(H2,12,13,14,15,16). The smallest absolute Gasteiger partial charge is 0.322 e. The molecule has 100 valence electrons. The zero-order valence-electron chi connectivity index (χ0n) is 10.7. The molecule has 0 radical (unpaired) electrons. The van der Waals surface area contributed by atoms with E-state index in [-0.39, 0.29) is 12.1 Å². The van der Waals surface area contributed by atoms with Crippen LogP contribution in [0, 0.1) is 5.92 Å². The van der Waals surface area contributed by atoms with Crippen molar-refractivity contribution in [2.45, 2.75) is 25.9 Å². The third-order valence-electron chi connectivity index (χ3n) is 2.77. The highest BCUT2D eigenvalue weighted by Gasteiger charge is 2.29. The number of anilines is 2. The van der Waals surface area contributed by atoms with E-state index in [0.29, 0.717) is 24.4 Å². The molecule has 0 aromatic carbocycles. The summed E-state index contributed by atoms with van der Waals surface area (Å²) in [6, 6.07) is 0.254. The van der Waals surface area contributed by atoms with E-state index in [1.165, 1.54) is 7.11 Å². The summed E-state index contributed by atoms with van der Waals surface area (Å²) in [6.07, 6.45) is 1.87.